The Morgan fingerprint density at radius 2 is 2.06 bits per heavy atom. The minimum atomic E-state index is -0.897. The van der Waals surface area contributed by atoms with Crippen molar-refractivity contribution in [3.63, 3.8) is 0 Å². The Morgan fingerprint density at radius 1 is 1.31 bits per heavy atom. The van der Waals surface area contributed by atoms with E-state index < -0.39 is 5.97 Å². The number of rotatable bonds is 10. The number of carbonyl (C=O) groups is 2. The SMILES string of the molecule is CCCOCCCNC(=O)CSCC(=O)O. The van der Waals surface area contributed by atoms with Crippen molar-refractivity contribution >= 4 is 23.6 Å². The van der Waals surface area contributed by atoms with Crippen LogP contribution in [0, 0.1) is 0 Å². The van der Waals surface area contributed by atoms with Gasteiger partial charge in [0.05, 0.1) is 11.5 Å². The minimum Gasteiger partial charge on any atom is -0.481 e. The summed E-state index contributed by atoms with van der Waals surface area (Å²) in [6, 6.07) is 0. The van der Waals surface area contributed by atoms with E-state index in [9.17, 15) is 9.59 Å². The van der Waals surface area contributed by atoms with E-state index in [1.807, 2.05) is 6.92 Å². The molecule has 0 bridgehead atoms. The zero-order chi connectivity index (χ0) is 12.2. The van der Waals surface area contributed by atoms with Gasteiger partial charge in [0.25, 0.3) is 0 Å². The first-order valence-electron chi connectivity index (χ1n) is 5.30. The highest BCUT2D eigenvalue weighted by molar-refractivity contribution is 8.00. The van der Waals surface area contributed by atoms with Gasteiger partial charge in [-0.05, 0) is 12.8 Å². The van der Waals surface area contributed by atoms with Crippen molar-refractivity contribution < 1.29 is 19.4 Å². The number of hydrogen-bond acceptors (Lipinski definition) is 4. The summed E-state index contributed by atoms with van der Waals surface area (Å²) in [6.07, 6.45) is 1.79. The molecule has 0 radical (unpaired) electrons. The molecular formula is C10H19NO4S. The Kier molecular flexibility index (Phi) is 10.3. The second-order valence-electron chi connectivity index (χ2n) is 3.20. The van der Waals surface area contributed by atoms with E-state index in [2.05, 4.69) is 5.32 Å². The molecule has 6 heteroatoms. The molecule has 16 heavy (non-hydrogen) atoms. The van der Waals surface area contributed by atoms with Crippen molar-refractivity contribution in [1.29, 1.82) is 0 Å². The fraction of sp³-hybridized carbons (Fsp3) is 0.800. The van der Waals surface area contributed by atoms with Crippen LogP contribution in [0.4, 0.5) is 0 Å². The van der Waals surface area contributed by atoms with E-state index in [-0.39, 0.29) is 17.4 Å². The highest BCUT2D eigenvalue weighted by atomic mass is 32.2. The van der Waals surface area contributed by atoms with Crippen molar-refractivity contribution in [3.05, 3.63) is 0 Å². The molecule has 0 aliphatic rings. The van der Waals surface area contributed by atoms with Crippen LogP contribution in [-0.4, -0.2) is 48.2 Å². The molecule has 0 fully saturated rings. The van der Waals surface area contributed by atoms with Crippen LogP contribution >= 0.6 is 11.8 Å². The predicted octanol–water partition coefficient (Wildman–Crippen LogP) is 0.737. The van der Waals surface area contributed by atoms with Crippen LogP contribution in [0.25, 0.3) is 0 Å². The van der Waals surface area contributed by atoms with E-state index in [4.69, 9.17) is 9.84 Å². The Bertz CT molecular complexity index is 211. The molecule has 0 saturated carbocycles. The van der Waals surface area contributed by atoms with E-state index in [1.54, 1.807) is 0 Å². The molecule has 0 aliphatic heterocycles. The maximum absolute atomic E-state index is 11.1. The Labute approximate surface area is 99.9 Å². The van der Waals surface area contributed by atoms with Crippen LogP contribution < -0.4 is 5.32 Å². The summed E-state index contributed by atoms with van der Waals surface area (Å²) in [4.78, 5) is 21.3. The van der Waals surface area contributed by atoms with Crippen LogP contribution in [0.15, 0.2) is 0 Å². The van der Waals surface area contributed by atoms with E-state index in [0.717, 1.165) is 31.2 Å². The summed E-state index contributed by atoms with van der Waals surface area (Å²) in [7, 11) is 0. The fourth-order valence-corrected chi connectivity index (χ4v) is 1.49. The van der Waals surface area contributed by atoms with Crippen LogP contribution in [0.1, 0.15) is 19.8 Å². The van der Waals surface area contributed by atoms with E-state index in [0.29, 0.717) is 13.2 Å². The van der Waals surface area contributed by atoms with Crippen LogP contribution in [0.2, 0.25) is 0 Å². The Morgan fingerprint density at radius 3 is 2.69 bits per heavy atom. The molecule has 1 amide bonds. The van der Waals surface area contributed by atoms with Gasteiger partial charge in [-0.2, -0.15) is 0 Å². The molecule has 0 spiro atoms. The van der Waals surface area contributed by atoms with Gasteiger partial charge < -0.3 is 15.2 Å². The van der Waals surface area contributed by atoms with E-state index in [1.165, 1.54) is 0 Å². The number of thioether (sulfide) groups is 1. The van der Waals surface area contributed by atoms with E-state index >= 15 is 0 Å². The third-order valence-electron chi connectivity index (χ3n) is 1.59. The van der Waals surface area contributed by atoms with Gasteiger partial charge in [-0.25, -0.2) is 0 Å². The normalized spacial score (nSPS) is 10.1. The number of carboxylic acids is 1. The lowest BCUT2D eigenvalue weighted by Gasteiger charge is -2.04. The highest BCUT2D eigenvalue weighted by Crippen LogP contribution is 1.97. The maximum atomic E-state index is 11.1. The zero-order valence-electron chi connectivity index (χ0n) is 9.53. The van der Waals surface area contributed by atoms with Gasteiger partial charge in [0.1, 0.15) is 0 Å². The summed E-state index contributed by atoms with van der Waals surface area (Å²) in [5.74, 6) is -0.859. The van der Waals surface area contributed by atoms with Crippen molar-refractivity contribution in [1.82, 2.24) is 5.32 Å². The number of aliphatic carboxylic acids is 1. The van der Waals surface area contributed by atoms with Gasteiger partial charge >= 0.3 is 5.97 Å². The molecule has 0 aliphatic carbocycles. The molecule has 0 aromatic carbocycles. The number of carboxylic acid groups (broad SMARTS) is 1. The minimum absolute atomic E-state index is 0.0347. The summed E-state index contributed by atoms with van der Waals surface area (Å²) in [5.41, 5.74) is 0. The fourth-order valence-electron chi connectivity index (χ4n) is 0.931. The average molecular weight is 249 g/mol. The van der Waals surface area contributed by atoms with Crippen LogP contribution in [0.3, 0.4) is 0 Å². The second-order valence-corrected chi connectivity index (χ2v) is 4.19. The van der Waals surface area contributed by atoms with Crippen molar-refractivity contribution in [2.24, 2.45) is 0 Å². The molecule has 94 valence electrons. The molecule has 5 nitrogen and oxygen atoms in total. The van der Waals surface area contributed by atoms with Gasteiger partial charge in [-0.1, -0.05) is 6.92 Å². The van der Waals surface area contributed by atoms with Crippen molar-refractivity contribution in [2.45, 2.75) is 19.8 Å². The summed E-state index contributed by atoms with van der Waals surface area (Å²) in [5, 5.41) is 11.1. The molecule has 0 rings (SSSR count). The maximum Gasteiger partial charge on any atom is 0.313 e. The molecule has 2 N–H and O–H groups in total. The van der Waals surface area contributed by atoms with Crippen molar-refractivity contribution in [3.8, 4) is 0 Å². The Hall–Kier alpha value is -0.750. The average Bonchev–Trinajstić information content (AvgIpc) is 2.22. The number of carbonyl (C=O) groups excluding carboxylic acids is 1. The molecule has 0 aromatic heterocycles. The third kappa shape index (κ3) is 11.3. The molecule has 0 unspecified atom stereocenters. The quantitative estimate of drug-likeness (QED) is 0.558. The summed E-state index contributed by atoms with van der Waals surface area (Å²) >= 11 is 1.10. The monoisotopic (exact) mass is 249 g/mol. The predicted molar refractivity (Wildman–Crippen MR) is 63.7 cm³/mol. The first-order valence-corrected chi connectivity index (χ1v) is 6.46. The third-order valence-corrected chi connectivity index (χ3v) is 2.51. The van der Waals surface area contributed by atoms with Gasteiger partial charge in [-0.3, -0.25) is 9.59 Å². The highest BCUT2D eigenvalue weighted by Gasteiger charge is 2.02. The lowest BCUT2D eigenvalue weighted by molar-refractivity contribution is -0.133. The zero-order valence-corrected chi connectivity index (χ0v) is 10.3. The molecule has 0 aromatic rings. The second kappa shape index (κ2) is 10.8. The van der Waals surface area contributed by atoms with Gasteiger partial charge in [0.2, 0.25) is 5.91 Å². The topological polar surface area (TPSA) is 75.6 Å². The summed E-state index contributed by atoms with van der Waals surface area (Å²) < 4.78 is 5.24. The molecule has 0 atom stereocenters. The number of nitrogens with one attached hydrogen (secondary N) is 1. The number of hydrogen-bond donors (Lipinski definition) is 2. The lowest BCUT2D eigenvalue weighted by atomic mass is 10.4. The lowest BCUT2D eigenvalue weighted by Crippen LogP contribution is -2.27. The smallest absolute Gasteiger partial charge is 0.313 e. The standard InChI is InChI=1S/C10H19NO4S/c1-2-5-15-6-3-4-11-9(12)7-16-8-10(13)14/h2-8H2,1H3,(H,11,12)(H,13,14). The first-order chi connectivity index (χ1) is 7.66. The largest absolute Gasteiger partial charge is 0.481 e. The van der Waals surface area contributed by atoms with Gasteiger partial charge in [-0.15, -0.1) is 11.8 Å². The number of amides is 1. The van der Waals surface area contributed by atoms with Crippen LogP contribution in [0.5, 0.6) is 0 Å². The van der Waals surface area contributed by atoms with Gasteiger partial charge in [0.15, 0.2) is 0 Å². The Balaban J connectivity index is 3.20. The number of ether oxygens (including phenoxy) is 1. The molecule has 0 saturated heterocycles. The molecule has 0 heterocycles. The van der Waals surface area contributed by atoms with Crippen LogP contribution in [-0.2, 0) is 14.3 Å². The summed E-state index contributed by atoms with van der Waals surface area (Å²) in [6.45, 7) is 4.02. The van der Waals surface area contributed by atoms with Crippen molar-refractivity contribution in [2.75, 3.05) is 31.3 Å². The first kappa shape index (κ1) is 15.2. The molecular weight excluding hydrogens is 230 g/mol. The van der Waals surface area contributed by atoms with Gasteiger partial charge in [0, 0.05) is 19.8 Å².